The molecule has 0 aliphatic rings. The van der Waals surface area contributed by atoms with Gasteiger partial charge < -0.3 is 14.2 Å². The van der Waals surface area contributed by atoms with Gasteiger partial charge in [-0.25, -0.2) is 10.2 Å². The van der Waals surface area contributed by atoms with Crippen molar-refractivity contribution in [3.05, 3.63) is 87.9 Å². The largest absolute Gasteiger partial charge is 0.496 e. The zero-order valence-corrected chi connectivity index (χ0v) is 18.5. The van der Waals surface area contributed by atoms with Crippen molar-refractivity contribution in [3.63, 3.8) is 0 Å². The lowest BCUT2D eigenvalue weighted by molar-refractivity contribution is 0.0729. The highest BCUT2D eigenvalue weighted by Gasteiger charge is 2.14. The number of hydrazone groups is 1. The van der Waals surface area contributed by atoms with Crippen LogP contribution < -0.4 is 19.6 Å². The molecule has 0 saturated heterocycles. The Labute approximate surface area is 190 Å². The van der Waals surface area contributed by atoms with Crippen molar-refractivity contribution in [3.8, 4) is 17.2 Å². The van der Waals surface area contributed by atoms with Crippen molar-refractivity contribution in [2.24, 2.45) is 5.10 Å². The second-order valence-corrected chi connectivity index (χ2v) is 7.15. The number of hydrogen-bond acceptors (Lipinski definition) is 6. The number of hydrogen-bond donors (Lipinski definition) is 1. The van der Waals surface area contributed by atoms with E-state index in [4.69, 9.17) is 25.8 Å². The molecule has 3 aromatic carbocycles. The van der Waals surface area contributed by atoms with E-state index in [0.717, 1.165) is 5.56 Å². The number of rotatable bonds is 7. The van der Waals surface area contributed by atoms with Gasteiger partial charge in [-0.3, -0.25) is 4.79 Å². The fourth-order valence-corrected chi connectivity index (χ4v) is 2.93. The van der Waals surface area contributed by atoms with Gasteiger partial charge in [0.1, 0.15) is 5.75 Å². The Morgan fingerprint density at radius 1 is 0.906 bits per heavy atom. The smallest absolute Gasteiger partial charge is 0.343 e. The maximum atomic E-state index is 12.4. The number of nitrogens with one attached hydrogen (secondary N) is 1. The normalized spacial score (nSPS) is 10.6. The van der Waals surface area contributed by atoms with E-state index < -0.39 is 11.9 Å². The lowest BCUT2D eigenvalue weighted by Crippen LogP contribution is -2.18. The molecule has 0 atom stereocenters. The van der Waals surface area contributed by atoms with Gasteiger partial charge in [-0.15, -0.1) is 0 Å². The molecular formula is C24H21ClN2O5. The molecule has 0 spiro atoms. The molecule has 0 aliphatic carbocycles. The van der Waals surface area contributed by atoms with Gasteiger partial charge in [0.2, 0.25) is 0 Å². The van der Waals surface area contributed by atoms with Crippen molar-refractivity contribution >= 4 is 29.7 Å². The van der Waals surface area contributed by atoms with E-state index in [0.29, 0.717) is 33.2 Å². The first kappa shape index (κ1) is 22.8. The van der Waals surface area contributed by atoms with Gasteiger partial charge in [-0.05, 0) is 72.6 Å². The number of ether oxygens (including phenoxy) is 3. The third-order valence-electron chi connectivity index (χ3n) is 4.45. The summed E-state index contributed by atoms with van der Waals surface area (Å²) in [5.74, 6) is 0.103. The summed E-state index contributed by atoms with van der Waals surface area (Å²) in [6, 6.07) is 16.5. The number of methoxy groups -OCH3 is 2. The molecule has 3 aromatic rings. The molecule has 3 rings (SSSR count). The van der Waals surface area contributed by atoms with Crippen LogP contribution in [0.3, 0.4) is 0 Å². The Morgan fingerprint density at radius 3 is 2.31 bits per heavy atom. The average molecular weight is 453 g/mol. The topological polar surface area (TPSA) is 86.2 Å². The van der Waals surface area contributed by atoms with Crippen molar-refractivity contribution < 1.29 is 23.8 Å². The summed E-state index contributed by atoms with van der Waals surface area (Å²) >= 11 is 5.84. The zero-order chi connectivity index (χ0) is 23.1. The molecule has 0 unspecified atom stereocenters. The zero-order valence-electron chi connectivity index (χ0n) is 17.7. The van der Waals surface area contributed by atoms with E-state index in [-0.39, 0.29) is 5.75 Å². The van der Waals surface area contributed by atoms with Gasteiger partial charge in [0.15, 0.2) is 11.5 Å². The number of nitrogens with zero attached hydrogens (tertiary/aromatic N) is 1. The van der Waals surface area contributed by atoms with Gasteiger partial charge in [0, 0.05) is 5.02 Å². The first-order valence-electron chi connectivity index (χ1n) is 9.55. The number of halogens is 1. The third kappa shape index (κ3) is 5.65. The SMILES string of the molecule is COc1cc(/C=N\NC(=O)c2ccc(C)cc2OC)ccc1OC(=O)c1ccc(Cl)cc1. The fourth-order valence-electron chi connectivity index (χ4n) is 2.81. The van der Waals surface area contributed by atoms with Crippen LogP contribution in [0.1, 0.15) is 31.8 Å². The van der Waals surface area contributed by atoms with Crippen LogP contribution in [-0.2, 0) is 0 Å². The maximum Gasteiger partial charge on any atom is 0.343 e. The number of carbonyl (C=O) groups is 2. The molecule has 0 saturated carbocycles. The lowest BCUT2D eigenvalue weighted by Gasteiger charge is -2.10. The minimum absolute atomic E-state index is 0.248. The van der Waals surface area contributed by atoms with Gasteiger partial charge in [0.05, 0.1) is 31.6 Å². The van der Waals surface area contributed by atoms with Crippen molar-refractivity contribution in [1.29, 1.82) is 0 Å². The van der Waals surface area contributed by atoms with Crippen LogP contribution in [0, 0.1) is 6.92 Å². The number of esters is 1. The van der Waals surface area contributed by atoms with Crippen molar-refractivity contribution in [2.45, 2.75) is 6.92 Å². The van der Waals surface area contributed by atoms with Crippen LogP contribution in [0.2, 0.25) is 5.02 Å². The van der Waals surface area contributed by atoms with E-state index in [1.165, 1.54) is 20.4 Å². The average Bonchev–Trinajstić information content (AvgIpc) is 2.80. The molecule has 0 fully saturated rings. The Balaban J connectivity index is 1.69. The summed E-state index contributed by atoms with van der Waals surface area (Å²) < 4.78 is 16.0. The minimum atomic E-state index is -0.541. The molecule has 0 aliphatic heterocycles. The second kappa shape index (κ2) is 10.5. The van der Waals surface area contributed by atoms with Crippen LogP contribution in [0.15, 0.2) is 65.8 Å². The molecular weight excluding hydrogens is 432 g/mol. The van der Waals surface area contributed by atoms with E-state index in [9.17, 15) is 9.59 Å². The number of benzene rings is 3. The van der Waals surface area contributed by atoms with Crippen LogP contribution in [-0.4, -0.2) is 32.3 Å². The standard InChI is InChI=1S/C24H21ClN2O5/c1-15-4-10-19(21(12-15)30-2)23(28)27-26-14-16-5-11-20(22(13-16)31-3)32-24(29)17-6-8-18(25)9-7-17/h4-14H,1-3H3,(H,27,28)/b26-14-. The Kier molecular flexibility index (Phi) is 7.46. The van der Waals surface area contributed by atoms with E-state index in [1.807, 2.05) is 13.0 Å². The predicted octanol–water partition coefficient (Wildman–Crippen LogP) is 4.65. The number of carbonyl (C=O) groups excluding carboxylic acids is 2. The maximum absolute atomic E-state index is 12.4. The molecule has 0 aromatic heterocycles. The molecule has 1 amide bonds. The van der Waals surface area contributed by atoms with Gasteiger partial charge >= 0.3 is 5.97 Å². The molecule has 0 heterocycles. The van der Waals surface area contributed by atoms with Gasteiger partial charge in [-0.1, -0.05) is 17.7 Å². The molecule has 0 bridgehead atoms. The van der Waals surface area contributed by atoms with E-state index in [2.05, 4.69) is 10.5 Å². The summed E-state index contributed by atoms with van der Waals surface area (Å²) in [6.45, 7) is 1.91. The minimum Gasteiger partial charge on any atom is -0.496 e. The molecule has 0 radical (unpaired) electrons. The van der Waals surface area contributed by atoms with Crippen molar-refractivity contribution in [1.82, 2.24) is 5.43 Å². The second-order valence-electron chi connectivity index (χ2n) is 6.71. The summed E-state index contributed by atoms with van der Waals surface area (Å²) in [6.07, 6.45) is 1.45. The quantitative estimate of drug-likeness (QED) is 0.244. The predicted molar refractivity (Wildman–Crippen MR) is 122 cm³/mol. The van der Waals surface area contributed by atoms with Gasteiger partial charge in [-0.2, -0.15) is 5.10 Å². The van der Waals surface area contributed by atoms with Crippen molar-refractivity contribution in [2.75, 3.05) is 14.2 Å². The molecule has 32 heavy (non-hydrogen) atoms. The summed E-state index contributed by atoms with van der Waals surface area (Å²) in [5, 5.41) is 4.51. The summed E-state index contributed by atoms with van der Waals surface area (Å²) in [7, 11) is 2.96. The van der Waals surface area contributed by atoms with Crippen LogP contribution in [0.4, 0.5) is 0 Å². The van der Waals surface area contributed by atoms with E-state index in [1.54, 1.807) is 54.6 Å². The lowest BCUT2D eigenvalue weighted by atomic mass is 10.1. The summed E-state index contributed by atoms with van der Waals surface area (Å²) in [4.78, 5) is 24.7. The van der Waals surface area contributed by atoms with Crippen LogP contribution in [0.5, 0.6) is 17.2 Å². The molecule has 8 heteroatoms. The highest BCUT2D eigenvalue weighted by atomic mass is 35.5. The Hall–Kier alpha value is -3.84. The molecule has 1 N–H and O–H groups in total. The van der Waals surface area contributed by atoms with Crippen LogP contribution in [0.25, 0.3) is 0 Å². The number of amides is 1. The van der Waals surface area contributed by atoms with E-state index >= 15 is 0 Å². The highest BCUT2D eigenvalue weighted by Crippen LogP contribution is 2.28. The number of aryl methyl sites for hydroxylation is 1. The molecule has 7 nitrogen and oxygen atoms in total. The Bertz CT molecular complexity index is 1160. The summed E-state index contributed by atoms with van der Waals surface area (Å²) in [5.41, 5.74) is 4.80. The highest BCUT2D eigenvalue weighted by molar-refractivity contribution is 6.30. The van der Waals surface area contributed by atoms with Gasteiger partial charge in [0.25, 0.3) is 5.91 Å². The first-order valence-corrected chi connectivity index (χ1v) is 9.93. The third-order valence-corrected chi connectivity index (χ3v) is 4.70. The first-order chi connectivity index (χ1) is 15.4. The molecule has 164 valence electrons. The monoisotopic (exact) mass is 452 g/mol. The fraction of sp³-hybridized carbons (Fsp3) is 0.125. The van der Waals surface area contributed by atoms with Crippen LogP contribution >= 0.6 is 11.6 Å². The Morgan fingerprint density at radius 2 is 1.62 bits per heavy atom.